The van der Waals surface area contributed by atoms with Gasteiger partial charge in [-0.1, -0.05) is 106 Å². The predicted octanol–water partition coefficient (Wildman–Crippen LogP) is 9.22. The topological polar surface area (TPSA) is 25.8 Å². The molecule has 0 saturated carbocycles. The number of aromatic nitrogens is 2. The summed E-state index contributed by atoms with van der Waals surface area (Å²) in [6, 6.07) is 38.4. The number of hydrogen-bond donors (Lipinski definition) is 0. The molecule has 2 nitrogen and oxygen atoms in total. The van der Waals surface area contributed by atoms with Crippen LogP contribution in [0.3, 0.4) is 0 Å². The Labute approximate surface area is 286 Å². The zero-order valence-electron chi connectivity index (χ0n) is 24.6. The fourth-order valence-electron chi connectivity index (χ4n) is 6.97. The van der Waals surface area contributed by atoms with Gasteiger partial charge in [-0.25, -0.2) is 0 Å². The molecule has 0 atom stereocenters. The fraction of sp³-hybridized carbons (Fsp3) is 0.150. The van der Waals surface area contributed by atoms with Crippen LogP contribution in [0.2, 0.25) is 0 Å². The van der Waals surface area contributed by atoms with E-state index in [0.29, 0.717) is 0 Å². The van der Waals surface area contributed by atoms with Crippen LogP contribution in [0, 0.1) is 26.0 Å². The van der Waals surface area contributed by atoms with Gasteiger partial charge in [-0.05, 0) is 61.3 Å². The van der Waals surface area contributed by atoms with E-state index >= 15 is 0 Å². The summed E-state index contributed by atoms with van der Waals surface area (Å²) < 4.78 is 0. The second kappa shape index (κ2) is 12.5. The molecule has 2 aliphatic rings. The molecule has 2 heterocycles. The van der Waals surface area contributed by atoms with Crippen LogP contribution in [0.5, 0.6) is 0 Å². The van der Waals surface area contributed by atoms with Crippen molar-refractivity contribution >= 4 is 0 Å². The largest absolute Gasteiger partial charge is 0.304 e. The average molecular weight is 923 g/mol. The number of fused-ring (bicyclic) bond motifs is 6. The van der Waals surface area contributed by atoms with E-state index in [1.807, 2.05) is 24.5 Å². The molecule has 44 heavy (non-hydrogen) atoms. The van der Waals surface area contributed by atoms with Crippen LogP contribution in [0.4, 0.5) is 0 Å². The number of benzene rings is 4. The Bertz CT molecular complexity index is 1890. The summed E-state index contributed by atoms with van der Waals surface area (Å²) in [6.07, 6.45) is 7.82. The van der Waals surface area contributed by atoms with Crippen molar-refractivity contribution in [3.05, 3.63) is 143 Å². The Hall–Kier alpha value is -3.52. The van der Waals surface area contributed by atoms with Gasteiger partial charge in [0.25, 0.3) is 0 Å². The predicted molar refractivity (Wildman–Crippen MR) is 171 cm³/mol. The zero-order chi connectivity index (χ0) is 28.2. The maximum Gasteiger partial charge on any atom is 0.0160 e. The SMILES string of the molecule is Cc1cc(C)cc(-c2c(-c3c[c-]c4c(c3)CCc3cccnc3-4)cccc2-c2c[c-]c3c(c2)CCc2cccnc2-3)c1.[Ir].[Ir]. The van der Waals surface area contributed by atoms with E-state index in [-0.39, 0.29) is 40.2 Å². The Morgan fingerprint density at radius 2 is 1.00 bits per heavy atom. The standard InChI is InChI=1S/C40H30N2.2Ir/c1-25-20-26(2)22-33(21-25)38-34(29-14-16-36-31(23-29)12-10-27-6-4-18-41-39(27)36)8-3-9-35(38)30-15-17-37-32(24-30)13-11-28-7-5-19-42-40(28)37;;/h3-9,14-15,18-24H,10-13H2,1-2H3;;/q-2;;. The molecule has 4 heteroatoms. The summed E-state index contributed by atoms with van der Waals surface area (Å²) >= 11 is 0. The van der Waals surface area contributed by atoms with Gasteiger partial charge in [0.1, 0.15) is 0 Å². The first-order chi connectivity index (χ1) is 20.6. The van der Waals surface area contributed by atoms with Crippen LogP contribution < -0.4 is 0 Å². The van der Waals surface area contributed by atoms with Gasteiger partial charge in [0.05, 0.1) is 0 Å². The summed E-state index contributed by atoms with van der Waals surface area (Å²) in [7, 11) is 0. The number of pyridine rings is 2. The Balaban J connectivity index is 0.00000171. The molecule has 220 valence electrons. The minimum Gasteiger partial charge on any atom is -0.304 e. The van der Waals surface area contributed by atoms with Gasteiger partial charge in [0.2, 0.25) is 0 Å². The van der Waals surface area contributed by atoms with E-state index in [4.69, 9.17) is 9.97 Å². The van der Waals surface area contributed by atoms with Crippen molar-refractivity contribution in [1.29, 1.82) is 0 Å². The molecule has 0 unspecified atom stereocenters. The van der Waals surface area contributed by atoms with E-state index in [1.54, 1.807) is 0 Å². The van der Waals surface area contributed by atoms with Gasteiger partial charge in [0, 0.05) is 52.6 Å². The second-order valence-electron chi connectivity index (χ2n) is 11.7. The molecule has 2 radical (unpaired) electrons. The van der Waals surface area contributed by atoms with Gasteiger partial charge in [-0.2, -0.15) is 0 Å². The van der Waals surface area contributed by atoms with E-state index in [9.17, 15) is 0 Å². The first-order valence-corrected chi connectivity index (χ1v) is 14.8. The number of rotatable bonds is 3. The fourth-order valence-corrected chi connectivity index (χ4v) is 6.97. The van der Waals surface area contributed by atoms with Crippen molar-refractivity contribution in [3.63, 3.8) is 0 Å². The van der Waals surface area contributed by atoms with E-state index < -0.39 is 0 Å². The summed E-state index contributed by atoms with van der Waals surface area (Å²) in [5, 5.41) is 0. The molecule has 0 aliphatic heterocycles. The zero-order valence-corrected chi connectivity index (χ0v) is 29.4. The summed E-state index contributed by atoms with van der Waals surface area (Å²) in [5.41, 5.74) is 19.6. The molecule has 0 saturated heterocycles. The molecule has 2 aromatic heterocycles. The van der Waals surface area contributed by atoms with Crippen molar-refractivity contribution in [1.82, 2.24) is 9.97 Å². The van der Waals surface area contributed by atoms with Crippen molar-refractivity contribution in [3.8, 4) is 55.9 Å². The Kier molecular flexibility index (Phi) is 8.64. The third kappa shape index (κ3) is 5.35. The minimum atomic E-state index is 0. The van der Waals surface area contributed by atoms with Gasteiger partial charge < -0.3 is 9.97 Å². The molecular formula is C40H30Ir2N2-2. The van der Waals surface area contributed by atoms with Gasteiger partial charge in [-0.15, -0.1) is 58.7 Å². The first-order valence-electron chi connectivity index (χ1n) is 14.8. The summed E-state index contributed by atoms with van der Waals surface area (Å²) in [5.74, 6) is 0. The van der Waals surface area contributed by atoms with Crippen LogP contribution in [0.15, 0.2) is 97.3 Å². The third-order valence-electron chi connectivity index (χ3n) is 8.83. The van der Waals surface area contributed by atoms with Crippen LogP contribution in [0.25, 0.3) is 55.9 Å². The quantitative estimate of drug-likeness (QED) is 0.166. The van der Waals surface area contributed by atoms with Crippen LogP contribution >= 0.6 is 0 Å². The van der Waals surface area contributed by atoms with Crippen molar-refractivity contribution < 1.29 is 40.2 Å². The molecule has 6 aromatic rings. The normalized spacial score (nSPS) is 12.5. The third-order valence-corrected chi connectivity index (χ3v) is 8.83. The van der Waals surface area contributed by atoms with Crippen molar-refractivity contribution in [2.24, 2.45) is 0 Å². The van der Waals surface area contributed by atoms with E-state index in [0.717, 1.165) is 48.2 Å². The molecule has 0 N–H and O–H groups in total. The second-order valence-corrected chi connectivity index (χ2v) is 11.7. The van der Waals surface area contributed by atoms with Crippen LogP contribution in [-0.2, 0) is 65.9 Å². The number of hydrogen-bond acceptors (Lipinski definition) is 2. The maximum atomic E-state index is 4.71. The maximum absolute atomic E-state index is 4.71. The first kappa shape index (κ1) is 30.5. The van der Waals surface area contributed by atoms with Crippen molar-refractivity contribution in [2.75, 3.05) is 0 Å². The van der Waals surface area contributed by atoms with Crippen LogP contribution in [0.1, 0.15) is 33.4 Å². The molecule has 2 aliphatic carbocycles. The molecule has 0 fully saturated rings. The average Bonchev–Trinajstić information content (AvgIpc) is 3.03. The molecule has 0 bridgehead atoms. The van der Waals surface area contributed by atoms with E-state index in [2.05, 4.69) is 98.8 Å². The number of nitrogens with zero attached hydrogens (tertiary/aromatic N) is 2. The molecule has 0 spiro atoms. The Morgan fingerprint density at radius 1 is 0.523 bits per heavy atom. The molecule has 4 aromatic carbocycles. The van der Waals surface area contributed by atoms with Crippen LogP contribution in [-0.4, -0.2) is 9.97 Å². The summed E-state index contributed by atoms with van der Waals surface area (Å²) in [6.45, 7) is 4.38. The monoisotopic (exact) mass is 924 g/mol. The summed E-state index contributed by atoms with van der Waals surface area (Å²) in [4.78, 5) is 9.42. The van der Waals surface area contributed by atoms with Crippen molar-refractivity contribution in [2.45, 2.75) is 39.5 Å². The molecule has 0 amide bonds. The van der Waals surface area contributed by atoms with E-state index in [1.165, 1.54) is 66.8 Å². The van der Waals surface area contributed by atoms with Gasteiger partial charge in [0.15, 0.2) is 0 Å². The Morgan fingerprint density at radius 3 is 1.50 bits per heavy atom. The van der Waals surface area contributed by atoms with Gasteiger partial charge in [-0.3, -0.25) is 0 Å². The smallest absolute Gasteiger partial charge is 0.0160 e. The number of aryl methyl sites for hydroxylation is 6. The van der Waals surface area contributed by atoms with Gasteiger partial charge >= 0.3 is 0 Å². The molecule has 8 rings (SSSR count). The minimum absolute atomic E-state index is 0. The molecular weight excluding hydrogens is 893 g/mol.